The molecule has 0 saturated heterocycles. The molecule has 3 rings (SSSR count). The lowest BCUT2D eigenvalue weighted by molar-refractivity contribution is 0.0486. The maximum absolute atomic E-state index is 9.22. The van der Waals surface area contributed by atoms with Crippen molar-refractivity contribution in [1.29, 1.82) is 0 Å². The van der Waals surface area contributed by atoms with Crippen LogP contribution >= 0.6 is 0 Å². The summed E-state index contributed by atoms with van der Waals surface area (Å²) in [6, 6.07) is 0. The van der Waals surface area contributed by atoms with Gasteiger partial charge in [-0.15, -0.1) is 0 Å². The van der Waals surface area contributed by atoms with E-state index in [9.17, 15) is 5.11 Å². The first kappa shape index (κ1) is 10.0. The molecule has 1 fully saturated rings. The number of rotatable bonds is 3. The maximum atomic E-state index is 9.22. The van der Waals surface area contributed by atoms with Gasteiger partial charge >= 0.3 is 0 Å². The minimum Gasteiger partial charge on any atom is -0.393 e. The summed E-state index contributed by atoms with van der Waals surface area (Å²) in [5.41, 5.74) is 2.52. The summed E-state index contributed by atoms with van der Waals surface area (Å²) in [5, 5.41) is 12.6. The van der Waals surface area contributed by atoms with E-state index >= 15 is 0 Å². The summed E-state index contributed by atoms with van der Waals surface area (Å²) in [6.07, 6.45) is 6.84. The van der Waals surface area contributed by atoms with Crippen LogP contribution in [0.25, 0.3) is 0 Å². The molecule has 1 aromatic heterocycles. The van der Waals surface area contributed by atoms with Crippen LogP contribution in [-0.2, 0) is 12.8 Å². The minimum atomic E-state index is -0.0667. The van der Waals surface area contributed by atoms with E-state index in [-0.39, 0.29) is 6.10 Å². The average molecular weight is 219 g/mol. The number of fused-ring (bicyclic) bond motifs is 1. The second-order valence-electron chi connectivity index (χ2n) is 4.87. The van der Waals surface area contributed by atoms with E-state index in [1.807, 2.05) is 0 Å². The first-order valence-electron chi connectivity index (χ1n) is 6.07. The zero-order chi connectivity index (χ0) is 11.0. The molecule has 0 radical (unpaired) electrons. The molecule has 0 bridgehead atoms. The van der Waals surface area contributed by atoms with Gasteiger partial charge in [-0.2, -0.15) is 0 Å². The first-order valence-corrected chi connectivity index (χ1v) is 6.07. The predicted molar refractivity (Wildman–Crippen MR) is 61.3 cm³/mol. The molecule has 0 aromatic carbocycles. The lowest BCUT2D eigenvalue weighted by atomic mass is 9.82. The second kappa shape index (κ2) is 4.01. The third-order valence-electron chi connectivity index (χ3n) is 3.64. The molecule has 2 aliphatic carbocycles. The molecule has 0 unspecified atom stereocenters. The number of anilines is 1. The molecule has 0 spiro atoms. The van der Waals surface area contributed by atoms with Crippen molar-refractivity contribution in [1.82, 2.24) is 9.97 Å². The molecule has 0 amide bonds. The number of hydrogen-bond donors (Lipinski definition) is 2. The fourth-order valence-corrected chi connectivity index (χ4v) is 2.62. The van der Waals surface area contributed by atoms with Gasteiger partial charge in [-0.3, -0.25) is 0 Å². The summed E-state index contributed by atoms with van der Waals surface area (Å²) in [7, 11) is 0. The van der Waals surface area contributed by atoms with Crippen LogP contribution in [0.15, 0.2) is 6.33 Å². The standard InChI is InChI=1S/C12H17N3O/c16-9-4-8(5-9)6-13-12-10-2-1-3-11(10)14-7-15-12/h7-9,16H,1-6H2,(H,13,14,15). The van der Waals surface area contributed by atoms with Crippen LogP contribution in [0.1, 0.15) is 30.5 Å². The smallest absolute Gasteiger partial charge is 0.132 e. The Kier molecular flexibility index (Phi) is 2.52. The SMILES string of the molecule is OC1CC(CNc2ncnc3c2CCC3)C1. The summed E-state index contributed by atoms with van der Waals surface area (Å²) in [6.45, 7) is 0.931. The van der Waals surface area contributed by atoms with Crippen LogP contribution in [0.2, 0.25) is 0 Å². The number of aromatic nitrogens is 2. The lowest BCUT2D eigenvalue weighted by Crippen LogP contribution is -2.33. The molecule has 2 N–H and O–H groups in total. The van der Waals surface area contributed by atoms with Gasteiger partial charge in [0.05, 0.1) is 6.10 Å². The Morgan fingerprint density at radius 2 is 2.19 bits per heavy atom. The molecular formula is C12H17N3O. The maximum Gasteiger partial charge on any atom is 0.132 e. The quantitative estimate of drug-likeness (QED) is 0.800. The Bertz CT molecular complexity index is 388. The topological polar surface area (TPSA) is 58.0 Å². The largest absolute Gasteiger partial charge is 0.393 e. The predicted octanol–water partition coefficient (Wildman–Crippen LogP) is 1.15. The van der Waals surface area contributed by atoms with E-state index in [0.717, 1.165) is 38.0 Å². The summed E-state index contributed by atoms with van der Waals surface area (Å²) in [5.74, 6) is 1.63. The average Bonchev–Trinajstić information content (AvgIpc) is 2.71. The van der Waals surface area contributed by atoms with E-state index < -0.39 is 0 Å². The van der Waals surface area contributed by atoms with Gasteiger partial charge in [-0.05, 0) is 38.0 Å². The van der Waals surface area contributed by atoms with Crippen molar-refractivity contribution < 1.29 is 5.11 Å². The highest BCUT2D eigenvalue weighted by Gasteiger charge is 2.27. The monoisotopic (exact) mass is 219 g/mol. The second-order valence-corrected chi connectivity index (χ2v) is 4.87. The van der Waals surface area contributed by atoms with Crippen LogP contribution < -0.4 is 5.32 Å². The van der Waals surface area contributed by atoms with Gasteiger partial charge < -0.3 is 10.4 Å². The summed E-state index contributed by atoms with van der Waals surface area (Å²) >= 11 is 0. The lowest BCUT2D eigenvalue weighted by Gasteiger charge is -2.31. The van der Waals surface area contributed by atoms with Crippen LogP contribution in [-0.4, -0.2) is 27.7 Å². The van der Waals surface area contributed by atoms with E-state index in [2.05, 4.69) is 15.3 Å². The minimum absolute atomic E-state index is 0.0667. The zero-order valence-electron chi connectivity index (χ0n) is 9.32. The number of aliphatic hydroxyl groups excluding tert-OH is 1. The number of aliphatic hydroxyl groups is 1. The number of nitrogens with one attached hydrogen (secondary N) is 1. The molecule has 2 aliphatic rings. The summed E-state index contributed by atoms with van der Waals surface area (Å²) in [4.78, 5) is 8.62. The van der Waals surface area contributed by atoms with Crippen LogP contribution in [0, 0.1) is 5.92 Å². The molecule has 1 saturated carbocycles. The number of nitrogens with zero attached hydrogens (tertiary/aromatic N) is 2. The Labute approximate surface area is 95.1 Å². The molecule has 16 heavy (non-hydrogen) atoms. The fraction of sp³-hybridized carbons (Fsp3) is 0.667. The summed E-state index contributed by atoms with van der Waals surface area (Å²) < 4.78 is 0. The Morgan fingerprint density at radius 3 is 3.00 bits per heavy atom. The van der Waals surface area contributed by atoms with Crippen molar-refractivity contribution in [3.05, 3.63) is 17.6 Å². The zero-order valence-corrected chi connectivity index (χ0v) is 9.32. The Hall–Kier alpha value is -1.16. The van der Waals surface area contributed by atoms with Crippen molar-refractivity contribution in [2.75, 3.05) is 11.9 Å². The van der Waals surface area contributed by atoms with Crippen LogP contribution in [0.5, 0.6) is 0 Å². The van der Waals surface area contributed by atoms with Gasteiger partial charge in [0, 0.05) is 17.8 Å². The molecule has 1 heterocycles. The van der Waals surface area contributed by atoms with Gasteiger partial charge in [0.1, 0.15) is 12.1 Å². The first-order chi connectivity index (χ1) is 7.83. The third-order valence-corrected chi connectivity index (χ3v) is 3.64. The van der Waals surface area contributed by atoms with E-state index in [1.54, 1.807) is 6.33 Å². The Morgan fingerprint density at radius 1 is 1.31 bits per heavy atom. The highest BCUT2D eigenvalue weighted by atomic mass is 16.3. The normalized spacial score (nSPS) is 27.3. The van der Waals surface area contributed by atoms with Gasteiger partial charge in [-0.25, -0.2) is 9.97 Å². The van der Waals surface area contributed by atoms with Gasteiger partial charge in [0.25, 0.3) is 0 Å². The molecule has 0 atom stereocenters. The van der Waals surface area contributed by atoms with E-state index in [4.69, 9.17) is 0 Å². The number of aryl methyl sites for hydroxylation is 1. The Balaban J connectivity index is 1.64. The molecule has 4 nitrogen and oxygen atoms in total. The van der Waals surface area contributed by atoms with Crippen molar-refractivity contribution in [2.45, 2.75) is 38.2 Å². The molecule has 86 valence electrons. The molecular weight excluding hydrogens is 202 g/mol. The van der Waals surface area contributed by atoms with Crippen molar-refractivity contribution in [3.63, 3.8) is 0 Å². The van der Waals surface area contributed by atoms with Crippen LogP contribution in [0.3, 0.4) is 0 Å². The van der Waals surface area contributed by atoms with E-state index in [1.165, 1.54) is 17.7 Å². The molecule has 0 aliphatic heterocycles. The van der Waals surface area contributed by atoms with Gasteiger partial charge in [0.15, 0.2) is 0 Å². The third kappa shape index (κ3) is 1.78. The highest BCUT2D eigenvalue weighted by Crippen LogP contribution is 2.29. The molecule has 1 aromatic rings. The fourth-order valence-electron chi connectivity index (χ4n) is 2.62. The van der Waals surface area contributed by atoms with Gasteiger partial charge in [-0.1, -0.05) is 0 Å². The van der Waals surface area contributed by atoms with Gasteiger partial charge in [0.2, 0.25) is 0 Å². The van der Waals surface area contributed by atoms with Crippen molar-refractivity contribution in [2.24, 2.45) is 5.92 Å². The highest BCUT2D eigenvalue weighted by molar-refractivity contribution is 5.47. The van der Waals surface area contributed by atoms with E-state index in [0.29, 0.717) is 5.92 Å². The van der Waals surface area contributed by atoms with Crippen LogP contribution in [0.4, 0.5) is 5.82 Å². The number of hydrogen-bond acceptors (Lipinski definition) is 4. The molecule has 4 heteroatoms. The van der Waals surface area contributed by atoms with Crippen molar-refractivity contribution >= 4 is 5.82 Å². The van der Waals surface area contributed by atoms with Crippen molar-refractivity contribution in [3.8, 4) is 0 Å².